The fourth-order valence-corrected chi connectivity index (χ4v) is 1.23. The fraction of sp³-hybridized carbons (Fsp3) is 0.778. The van der Waals surface area contributed by atoms with Crippen molar-refractivity contribution < 1.29 is 24.5 Å². The second-order valence-corrected chi connectivity index (χ2v) is 3.13. The molecule has 0 aromatic carbocycles. The number of carboxylic acids is 1. The van der Waals surface area contributed by atoms with E-state index in [2.05, 4.69) is 4.74 Å². The van der Waals surface area contributed by atoms with Crippen LogP contribution in [-0.4, -0.2) is 28.9 Å². The van der Waals surface area contributed by atoms with E-state index in [1.807, 2.05) is 6.92 Å². The molecule has 0 aliphatic rings. The fourth-order valence-electron chi connectivity index (χ4n) is 1.23. The molecule has 5 nitrogen and oxygen atoms in total. The zero-order valence-corrected chi connectivity index (χ0v) is 8.23. The zero-order chi connectivity index (χ0) is 11.0. The third kappa shape index (κ3) is 7.39. The molecule has 0 heterocycles. The van der Waals surface area contributed by atoms with Crippen LogP contribution in [0.5, 0.6) is 0 Å². The maximum absolute atomic E-state index is 10.4. The summed E-state index contributed by atoms with van der Waals surface area (Å²) in [5.74, 6) is -0.694. The van der Waals surface area contributed by atoms with Gasteiger partial charge in [-0.1, -0.05) is 13.3 Å². The van der Waals surface area contributed by atoms with Crippen molar-refractivity contribution in [3.63, 3.8) is 0 Å². The molecular formula is C9H16O5. The first-order chi connectivity index (χ1) is 6.56. The van der Waals surface area contributed by atoms with Gasteiger partial charge in [-0.05, 0) is 18.8 Å². The number of hydrogen-bond donors (Lipinski definition) is 2. The van der Waals surface area contributed by atoms with Gasteiger partial charge in [0.25, 0.3) is 0 Å². The molecule has 2 N–H and O–H groups in total. The van der Waals surface area contributed by atoms with E-state index in [1.165, 1.54) is 0 Å². The summed E-state index contributed by atoms with van der Waals surface area (Å²) in [4.78, 5) is 20.4. The molecule has 0 fully saturated rings. The van der Waals surface area contributed by atoms with Crippen LogP contribution in [0, 0.1) is 5.92 Å². The highest BCUT2D eigenvalue weighted by Gasteiger charge is 2.10. The van der Waals surface area contributed by atoms with E-state index in [4.69, 9.17) is 10.2 Å². The van der Waals surface area contributed by atoms with Crippen molar-refractivity contribution in [1.82, 2.24) is 0 Å². The lowest BCUT2D eigenvalue weighted by Crippen LogP contribution is -2.09. The van der Waals surface area contributed by atoms with Gasteiger partial charge in [-0.25, -0.2) is 4.79 Å². The molecule has 0 spiro atoms. The van der Waals surface area contributed by atoms with E-state index < -0.39 is 12.1 Å². The Morgan fingerprint density at radius 1 is 1.36 bits per heavy atom. The van der Waals surface area contributed by atoms with Crippen molar-refractivity contribution in [3.8, 4) is 0 Å². The summed E-state index contributed by atoms with van der Waals surface area (Å²) in [6.07, 6.45) is 0.924. The van der Waals surface area contributed by atoms with E-state index in [9.17, 15) is 9.59 Å². The summed E-state index contributed by atoms with van der Waals surface area (Å²) in [5.41, 5.74) is 0. The second kappa shape index (κ2) is 7.17. The van der Waals surface area contributed by atoms with Crippen LogP contribution in [0.2, 0.25) is 0 Å². The normalized spacial score (nSPS) is 12.1. The smallest absolute Gasteiger partial charge is 0.481 e. The molecular weight excluding hydrogens is 188 g/mol. The average Bonchev–Trinajstić information content (AvgIpc) is 2.09. The first kappa shape index (κ1) is 12.7. The van der Waals surface area contributed by atoms with Gasteiger partial charge < -0.3 is 14.9 Å². The van der Waals surface area contributed by atoms with Crippen molar-refractivity contribution in [2.45, 2.75) is 32.6 Å². The molecule has 82 valence electrons. The third-order valence-corrected chi connectivity index (χ3v) is 2.02. The van der Waals surface area contributed by atoms with Crippen LogP contribution in [0.25, 0.3) is 0 Å². The van der Waals surface area contributed by atoms with Gasteiger partial charge in [-0.15, -0.1) is 0 Å². The lowest BCUT2D eigenvalue weighted by molar-refractivity contribution is -0.138. The summed E-state index contributed by atoms with van der Waals surface area (Å²) in [6, 6.07) is 0. The minimum atomic E-state index is -1.28. The topological polar surface area (TPSA) is 83.8 Å². The molecule has 0 aliphatic heterocycles. The maximum Gasteiger partial charge on any atom is 0.505 e. The van der Waals surface area contributed by atoms with E-state index in [0.29, 0.717) is 12.8 Å². The predicted molar refractivity (Wildman–Crippen MR) is 49.2 cm³/mol. The standard InChI is InChI=1S/C9H16O5/c1-2-7(6-8(10)11)4-3-5-14-9(12)13/h7H,2-6H2,1H3,(H,10,11)(H,12,13). The van der Waals surface area contributed by atoms with Crippen LogP contribution >= 0.6 is 0 Å². The molecule has 5 heteroatoms. The number of hydrogen-bond acceptors (Lipinski definition) is 3. The molecule has 0 aliphatic carbocycles. The Morgan fingerprint density at radius 3 is 2.43 bits per heavy atom. The van der Waals surface area contributed by atoms with Gasteiger partial charge in [-0.3, -0.25) is 4.79 Å². The van der Waals surface area contributed by atoms with Crippen LogP contribution in [0.1, 0.15) is 32.6 Å². The molecule has 0 aromatic rings. The Kier molecular flexibility index (Phi) is 6.53. The molecule has 0 saturated carbocycles. The van der Waals surface area contributed by atoms with Crippen molar-refractivity contribution in [1.29, 1.82) is 0 Å². The third-order valence-electron chi connectivity index (χ3n) is 2.02. The average molecular weight is 204 g/mol. The van der Waals surface area contributed by atoms with Gasteiger partial charge in [0.2, 0.25) is 0 Å². The highest BCUT2D eigenvalue weighted by molar-refractivity contribution is 5.66. The highest BCUT2D eigenvalue weighted by Crippen LogP contribution is 2.15. The van der Waals surface area contributed by atoms with Crippen LogP contribution in [-0.2, 0) is 9.53 Å². The van der Waals surface area contributed by atoms with Crippen molar-refractivity contribution >= 4 is 12.1 Å². The van der Waals surface area contributed by atoms with Gasteiger partial charge >= 0.3 is 12.1 Å². The molecule has 0 rings (SSSR count). The minimum absolute atomic E-state index is 0.116. The van der Waals surface area contributed by atoms with Crippen molar-refractivity contribution in [2.24, 2.45) is 5.92 Å². The summed E-state index contributed by atoms with van der Waals surface area (Å²) in [7, 11) is 0. The van der Waals surface area contributed by atoms with Crippen LogP contribution in [0.15, 0.2) is 0 Å². The maximum atomic E-state index is 10.4. The van der Waals surface area contributed by atoms with Gasteiger partial charge in [0.15, 0.2) is 0 Å². The number of rotatable bonds is 7. The second-order valence-electron chi connectivity index (χ2n) is 3.13. The van der Waals surface area contributed by atoms with Crippen LogP contribution < -0.4 is 0 Å². The molecule has 0 amide bonds. The molecule has 0 saturated heterocycles. The Morgan fingerprint density at radius 2 is 2.00 bits per heavy atom. The lowest BCUT2D eigenvalue weighted by Gasteiger charge is -2.11. The van der Waals surface area contributed by atoms with E-state index in [-0.39, 0.29) is 18.9 Å². The Labute approximate surface area is 82.7 Å². The van der Waals surface area contributed by atoms with Crippen LogP contribution in [0.4, 0.5) is 4.79 Å². The van der Waals surface area contributed by atoms with Gasteiger partial charge in [0, 0.05) is 6.42 Å². The SMILES string of the molecule is CCC(CCCOC(=O)O)CC(=O)O. The Balaban J connectivity index is 3.52. The molecule has 0 aromatic heterocycles. The Bertz CT molecular complexity index is 190. The Hall–Kier alpha value is -1.26. The quantitative estimate of drug-likeness (QED) is 0.489. The van der Waals surface area contributed by atoms with Crippen molar-refractivity contribution in [3.05, 3.63) is 0 Å². The predicted octanol–water partition coefficient (Wildman–Crippen LogP) is 1.96. The summed E-state index contributed by atoms with van der Waals surface area (Å²) in [5, 5.41) is 16.7. The van der Waals surface area contributed by atoms with Crippen LogP contribution in [0.3, 0.4) is 0 Å². The number of ether oxygens (including phenoxy) is 1. The summed E-state index contributed by atoms with van der Waals surface area (Å²) < 4.78 is 4.31. The van der Waals surface area contributed by atoms with E-state index >= 15 is 0 Å². The summed E-state index contributed by atoms with van der Waals surface area (Å²) in [6.45, 7) is 2.07. The summed E-state index contributed by atoms with van der Waals surface area (Å²) >= 11 is 0. The van der Waals surface area contributed by atoms with E-state index in [0.717, 1.165) is 6.42 Å². The highest BCUT2D eigenvalue weighted by atomic mass is 16.7. The molecule has 14 heavy (non-hydrogen) atoms. The first-order valence-electron chi connectivity index (χ1n) is 4.63. The molecule has 0 radical (unpaired) electrons. The first-order valence-corrected chi connectivity index (χ1v) is 4.63. The van der Waals surface area contributed by atoms with Crippen molar-refractivity contribution in [2.75, 3.05) is 6.61 Å². The van der Waals surface area contributed by atoms with E-state index in [1.54, 1.807) is 0 Å². The molecule has 1 unspecified atom stereocenters. The number of carbonyl (C=O) groups is 2. The van der Waals surface area contributed by atoms with Gasteiger partial charge in [0.1, 0.15) is 0 Å². The molecule has 0 bridgehead atoms. The monoisotopic (exact) mass is 204 g/mol. The number of aliphatic carboxylic acids is 1. The van der Waals surface area contributed by atoms with Gasteiger partial charge in [0.05, 0.1) is 6.61 Å². The molecule has 1 atom stereocenters. The lowest BCUT2D eigenvalue weighted by atomic mass is 9.97. The van der Waals surface area contributed by atoms with Gasteiger partial charge in [-0.2, -0.15) is 0 Å². The number of carboxylic acid groups (broad SMARTS) is 2. The zero-order valence-electron chi connectivity index (χ0n) is 8.23. The minimum Gasteiger partial charge on any atom is -0.481 e. The largest absolute Gasteiger partial charge is 0.505 e.